The minimum absolute atomic E-state index is 0.104. The highest BCUT2D eigenvalue weighted by Crippen LogP contribution is 2.24. The van der Waals surface area contributed by atoms with Crippen molar-refractivity contribution in [3.63, 3.8) is 0 Å². The van der Waals surface area contributed by atoms with Crippen LogP contribution in [0.5, 0.6) is 5.75 Å². The van der Waals surface area contributed by atoms with Gasteiger partial charge in [-0.3, -0.25) is 4.79 Å². The molecule has 2 aromatic heterocycles. The van der Waals surface area contributed by atoms with E-state index < -0.39 is 0 Å². The molecule has 0 spiro atoms. The van der Waals surface area contributed by atoms with Crippen molar-refractivity contribution in [3.05, 3.63) is 31.9 Å². The van der Waals surface area contributed by atoms with Crippen molar-refractivity contribution in [2.45, 2.75) is 20.3 Å². The molecule has 90 valence electrons. The number of aryl methyl sites for hydroxylation is 2. The van der Waals surface area contributed by atoms with Crippen LogP contribution in [0.2, 0.25) is 0 Å². The number of hydrogen-bond donors (Lipinski definition) is 0. The number of methoxy groups -OCH3 is 1. The van der Waals surface area contributed by atoms with Gasteiger partial charge in [0.1, 0.15) is 10.8 Å². The summed E-state index contributed by atoms with van der Waals surface area (Å²) in [6.07, 6.45) is 0.378. The van der Waals surface area contributed by atoms with E-state index in [0.29, 0.717) is 6.42 Å². The van der Waals surface area contributed by atoms with Gasteiger partial charge in [0.25, 0.3) is 0 Å². The molecule has 0 fully saturated rings. The Bertz CT molecular complexity index is 523. The summed E-state index contributed by atoms with van der Waals surface area (Å²) in [5.41, 5.74) is 1.02. The fraction of sp³-hybridized carbons (Fsp3) is 0.333. The Balaban J connectivity index is 2.11. The zero-order valence-electron chi connectivity index (χ0n) is 9.94. The summed E-state index contributed by atoms with van der Waals surface area (Å²) in [6, 6.07) is 1.78. The number of rotatable bonds is 4. The van der Waals surface area contributed by atoms with Crippen LogP contribution in [0.15, 0.2) is 11.4 Å². The summed E-state index contributed by atoms with van der Waals surface area (Å²) in [7, 11) is 1.60. The molecule has 0 saturated heterocycles. The molecule has 0 aliphatic carbocycles. The van der Waals surface area contributed by atoms with E-state index in [9.17, 15) is 4.79 Å². The molecule has 5 heteroatoms. The zero-order chi connectivity index (χ0) is 12.4. The summed E-state index contributed by atoms with van der Waals surface area (Å²) in [5, 5.41) is 2.73. The van der Waals surface area contributed by atoms with Crippen LogP contribution in [0.4, 0.5) is 0 Å². The molecule has 2 heterocycles. The lowest BCUT2D eigenvalue weighted by atomic mass is 10.2. The van der Waals surface area contributed by atoms with Gasteiger partial charge in [-0.15, -0.1) is 22.7 Å². The van der Waals surface area contributed by atoms with Gasteiger partial charge >= 0.3 is 0 Å². The SMILES string of the molecule is COc1csc(C(=O)Cc2nc(C)c(C)s2)c1. The highest BCUT2D eigenvalue weighted by Gasteiger charge is 2.13. The number of carbonyl (C=O) groups excluding carboxylic acids is 1. The van der Waals surface area contributed by atoms with Crippen LogP contribution in [0, 0.1) is 13.8 Å². The molecule has 0 atom stereocenters. The molecule has 3 nitrogen and oxygen atoms in total. The van der Waals surface area contributed by atoms with Crippen LogP contribution >= 0.6 is 22.7 Å². The zero-order valence-corrected chi connectivity index (χ0v) is 11.6. The molecule has 0 aliphatic rings. The van der Waals surface area contributed by atoms with E-state index in [-0.39, 0.29) is 5.78 Å². The quantitative estimate of drug-likeness (QED) is 0.798. The molecule has 0 amide bonds. The molecule has 0 aromatic carbocycles. The average Bonchev–Trinajstić information content (AvgIpc) is 2.87. The van der Waals surface area contributed by atoms with E-state index in [1.165, 1.54) is 16.2 Å². The van der Waals surface area contributed by atoms with E-state index in [1.807, 2.05) is 19.2 Å². The largest absolute Gasteiger partial charge is 0.496 e. The second kappa shape index (κ2) is 4.98. The normalized spacial score (nSPS) is 10.5. The number of thiazole rings is 1. The smallest absolute Gasteiger partial charge is 0.179 e. The Kier molecular flexibility index (Phi) is 3.59. The third-order valence-corrected chi connectivity index (χ3v) is 4.49. The van der Waals surface area contributed by atoms with E-state index in [1.54, 1.807) is 24.5 Å². The summed E-state index contributed by atoms with van der Waals surface area (Å²) < 4.78 is 5.06. The van der Waals surface area contributed by atoms with Crippen molar-refractivity contribution in [1.82, 2.24) is 4.98 Å². The fourth-order valence-corrected chi connectivity index (χ4v) is 3.14. The predicted octanol–water partition coefficient (Wildman–Crippen LogP) is 3.26. The fourth-order valence-electron chi connectivity index (χ4n) is 1.41. The third kappa shape index (κ3) is 2.73. The van der Waals surface area contributed by atoms with Gasteiger partial charge in [0.05, 0.1) is 24.1 Å². The van der Waals surface area contributed by atoms with Gasteiger partial charge < -0.3 is 4.74 Å². The van der Waals surface area contributed by atoms with Crippen LogP contribution in [0.1, 0.15) is 25.3 Å². The predicted molar refractivity (Wildman–Crippen MR) is 70.5 cm³/mol. The van der Waals surface area contributed by atoms with Crippen molar-refractivity contribution < 1.29 is 9.53 Å². The average molecular weight is 267 g/mol. The lowest BCUT2D eigenvalue weighted by Crippen LogP contribution is -2.00. The van der Waals surface area contributed by atoms with E-state index in [4.69, 9.17) is 4.74 Å². The van der Waals surface area contributed by atoms with Gasteiger partial charge in [-0.25, -0.2) is 4.98 Å². The second-order valence-corrected chi connectivity index (χ2v) is 5.90. The number of ether oxygens (including phenoxy) is 1. The van der Waals surface area contributed by atoms with Crippen molar-refractivity contribution in [1.29, 1.82) is 0 Å². The van der Waals surface area contributed by atoms with Crippen LogP contribution < -0.4 is 4.74 Å². The minimum atomic E-state index is 0.104. The number of Topliss-reactive ketones (excluding diaryl/α,β-unsaturated/α-hetero) is 1. The number of carbonyl (C=O) groups is 1. The summed E-state index contributed by atoms with van der Waals surface area (Å²) in [6.45, 7) is 3.99. The van der Waals surface area contributed by atoms with Gasteiger partial charge in [-0.2, -0.15) is 0 Å². The van der Waals surface area contributed by atoms with Gasteiger partial charge in [0.15, 0.2) is 5.78 Å². The second-order valence-electron chi connectivity index (χ2n) is 3.70. The standard InChI is InChI=1S/C12H13NO2S2/c1-7-8(2)17-12(13-7)5-10(14)11-4-9(15-3)6-16-11/h4,6H,5H2,1-3H3. The number of nitrogens with zero attached hydrogens (tertiary/aromatic N) is 1. The summed E-state index contributed by atoms with van der Waals surface area (Å²) in [5.74, 6) is 0.844. The molecule has 0 aliphatic heterocycles. The van der Waals surface area contributed by atoms with Crippen LogP contribution in [0.25, 0.3) is 0 Å². The molecule has 0 radical (unpaired) electrons. The first-order valence-electron chi connectivity index (χ1n) is 5.18. The van der Waals surface area contributed by atoms with E-state index in [0.717, 1.165) is 21.3 Å². The molecule has 0 saturated carbocycles. The molecule has 0 N–H and O–H groups in total. The lowest BCUT2D eigenvalue weighted by molar-refractivity contribution is 0.0996. The van der Waals surface area contributed by atoms with Crippen molar-refractivity contribution in [3.8, 4) is 5.75 Å². The maximum Gasteiger partial charge on any atom is 0.179 e. The summed E-state index contributed by atoms with van der Waals surface area (Å²) in [4.78, 5) is 18.3. The maximum absolute atomic E-state index is 12.0. The Hall–Kier alpha value is -1.20. The van der Waals surface area contributed by atoms with Crippen LogP contribution in [0.3, 0.4) is 0 Å². The van der Waals surface area contributed by atoms with Gasteiger partial charge in [-0.05, 0) is 13.8 Å². The first-order chi connectivity index (χ1) is 8.10. The van der Waals surface area contributed by atoms with Crippen molar-refractivity contribution >= 4 is 28.5 Å². The van der Waals surface area contributed by atoms with Gasteiger partial charge in [0.2, 0.25) is 0 Å². The Morgan fingerprint density at radius 3 is 2.76 bits per heavy atom. The molecule has 2 rings (SSSR count). The first-order valence-corrected chi connectivity index (χ1v) is 6.88. The molecule has 17 heavy (non-hydrogen) atoms. The topological polar surface area (TPSA) is 39.2 Å². The third-order valence-electron chi connectivity index (χ3n) is 2.47. The van der Waals surface area contributed by atoms with E-state index in [2.05, 4.69) is 4.98 Å². The monoisotopic (exact) mass is 267 g/mol. The highest BCUT2D eigenvalue weighted by molar-refractivity contribution is 7.13. The van der Waals surface area contributed by atoms with E-state index >= 15 is 0 Å². The highest BCUT2D eigenvalue weighted by atomic mass is 32.1. The number of ketones is 1. The number of hydrogen-bond acceptors (Lipinski definition) is 5. The van der Waals surface area contributed by atoms with Gasteiger partial charge in [0, 0.05) is 16.3 Å². The molecule has 0 bridgehead atoms. The maximum atomic E-state index is 12.0. The van der Waals surface area contributed by atoms with Gasteiger partial charge in [-0.1, -0.05) is 0 Å². The number of thiophene rings is 1. The van der Waals surface area contributed by atoms with Crippen LogP contribution in [-0.2, 0) is 6.42 Å². The Morgan fingerprint density at radius 1 is 1.47 bits per heavy atom. The van der Waals surface area contributed by atoms with Crippen molar-refractivity contribution in [2.24, 2.45) is 0 Å². The molecular formula is C12H13NO2S2. The Labute approximate surface area is 108 Å². The molecule has 0 unspecified atom stereocenters. The Morgan fingerprint density at radius 2 is 2.24 bits per heavy atom. The molecular weight excluding hydrogens is 254 g/mol. The first kappa shape index (κ1) is 12.3. The van der Waals surface area contributed by atoms with Crippen molar-refractivity contribution in [2.75, 3.05) is 7.11 Å². The summed E-state index contributed by atoms with van der Waals surface area (Å²) >= 11 is 3.01. The minimum Gasteiger partial charge on any atom is -0.496 e. The molecule has 2 aromatic rings. The number of aromatic nitrogens is 1. The van der Waals surface area contributed by atoms with Crippen LogP contribution in [-0.4, -0.2) is 17.9 Å². The lowest BCUT2D eigenvalue weighted by Gasteiger charge is -1.93.